The van der Waals surface area contributed by atoms with Gasteiger partial charge in [-0.25, -0.2) is 4.98 Å². The molecule has 0 spiro atoms. The van der Waals surface area contributed by atoms with Crippen molar-refractivity contribution in [3.63, 3.8) is 0 Å². The van der Waals surface area contributed by atoms with E-state index in [4.69, 9.17) is 15.2 Å². The van der Waals surface area contributed by atoms with E-state index in [0.717, 1.165) is 27.8 Å². The lowest BCUT2D eigenvalue weighted by Crippen LogP contribution is -2.48. The first-order valence-corrected chi connectivity index (χ1v) is 13.6. The zero-order valence-electron chi connectivity index (χ0n) is 23.7. The number of anilines is 1. The van der Waals surface area contributed by atoms with E-state index in [9.17, 15) is 14.7 Å². The van der Waals surface area contributed by atoms with Crippen molar-refractivity contribution in [2.45, 2.75) is 38.0 Å². The fourth-order valence-corrected chi connectivity index (χ4v) is 4.65. The summed E-state index contributed by atoms with van der Waals surface area (Å²) in [5, 5.41) is 15.3. The van der Waals surface area contributed by atoms with E-state index in [1.165, 1.54) is 0 Å². The molecule has 4 rings (SSSR count). The highest BCUT2D eigenvalue weighted by molar-refractivity contribution is 5.92. The molecule has 42 heavy (non-hydrogen) atoms. The Kier molecular flexibility index (Phi) is 10.5. The van der Waals surface area contributed by atoms with Crippen LogP contribution in [-0.2, 0) is 29.2 Å². The van der Waals surface area contributed by atoms with E-state index < -0.39 is 12.0 Å². The quantitative estimate of drug-likeness (QED) is 0.193. The van der Waals surface area contributed by atoms with Gasteiger partial charge in [0.2, 0.25) is 11.8 Å². The Morgan fingerprint density at radius 3 is 1.90 bits per heavy atom. The van der Waals surface area contributed by atoms with Gasteiger partial charge in [-0.05, 0) is 77.1 Å². The van der Waals surface area contributed by atoms with Gasteiger partial charge in [-0.2, -0.15) is 0 Å². The van der Waals surface area contributed by atoms with Gasteiger partial charge >= 0.3 is 0 Å². The van der Waals surface area contributed by atoms with Crippen molar-refractivity contribution < 1.29 is 24.2 Å². The van der Waals surface area contributed by atoms with Crippen LogP contribution in [0.15, 0.2) is 91.1 Å². The SMILES string of the molecule is COc1ccc(C(C(=O)NC(CCc2ccnc(N)c2)C(=O)NCc2ccc(CO)cc2)c2ccc(OC)cc2)cc1. The Balaban J connectivity index is 1.58. The first-order chi connectivity index (χ1) is 20.4. The third-order valence-corrected chi connectivity index (χ3v) is 7.03. The van der Waals surface area contributed by atoms with E-state index in [-0.39, 0.29) is 25.0 Å². The molecule has 0 saturated carbocycles. The number of pyridine rings is 1. The number of hydrogen-bond acceptors (Lipinski definition) is 7. The topological polar surface area (TPSA) is 136 Å². The zero-order chi connectivity index (χ0) is 29.9. The molecule has 0 aliphatic rings. The number of amides is 2. The van der Waals surface area contributed by atoms with Gasteiger partial charge in [-0.15, -0.1) is 0 Å². The van der Waals surface area contributed by atoms with Crippen molar-refractivity contribution in [3.05, 3.63) is 119 Å². The number of carbonyl (C=O) groups excluding carboxylic acids is 2. The Morgan fingerprint density at radius 2 is 1.38 bits per heavy atom. The number of nitrogen functional groups attached to an aromatic ring is 1. The molecular weight excluding hydrogens is 532 g/mol. The molecule has 1 aromatic heterocycles. The van der Waals surface area contributed by atoms with Crippen LogP contribution in [0.1, 0.15) is 40.2 Å². The molecular formula is C33H36N4O5. The molecule has 2 amide bonds. The Hall–Kier alpha value is -4.89. The minimum Gasteiger partial charge on any atom is -0.497 e. The number of nitrogens with zero attached hydrogens (tertiary/aromatic N) is 1. The van der Waals surface area contributed by atoms with Crippen LogP contribution in [-0.4, -0.2) is 42.2 Å². The lowest BCUT2D eigenvalue weighted by atomic mass is 9.89. The highest BCUT2D eigenvalue weighted by Crippen LogP contribution is 2.28. The minimum atomic E-state index is -0.817. The molecule has 0 radical (unpaired) electrons. The lowest BCUT2D eigenvalue weighted by Gasteiger charge is -2.24. The van der Waals surface area contributed by atoms with Crippen LogP contribution in [0.5, 0.6) is 11.5 Å². The third kappa shape index (κ3) is 8.08. The largest absolute Gasteiger partial charge is 0.497 e. The van der Waals surface area contributed by atoms with Crippen molar-refractivity contribution >= 4 is 17.6 Å². The summed E-state index contributed by atoms with van der Waals surface area (Å²) in [6.07, 6.45) is 2.48. The minimum absolute atomic E-state index is 0.0518. The molecule has 0 aliphatic carbocycles. The summed E-state index contributed by atoms with van der Waals surface area (Å²) in [6.45, 7) is 0.226. The second kappa shape index (κ2) is 14.7. The van der Waals surface area contributed by atoms with Crippen LogP contribution >= 0.6 is 0 Å². The number of aliphatic hydroxyl groups excluding tert-OH is 1. The van der Waals surface area contributed by atoms with Gasteiger partial charge in [-0.1, -0.05) is 48.5 Å². The molecule has 0 aliphatic heterocycles. The van der Waals surface area contributed by atoms with Gasteiger partial charge in [0, 0.05) is 12.7 Å². The lowest BCUT2D eigenvalue weighted by molar-refractivity contribution is -0.129. The zero-order valence-corrected chi connectivity index (χ0v) is 23.7. The van der Waals surface area contributed by atoms with Crippen LogP contribution in [0.2, 0.25) is 0 Å². The van der Waals surface area contributed by atoms with Crippen molar-refractivity contribution in [2.75, 3.05) is 20.0 Å². The van der Waals surface area contributed by atoms with E-state index in [0.29, 0.717) is 30.2 Å². The average molecular weight is 569 g/mol. The van der Waals surface area contributed by atoms with Gasteiger partial charge in [0.25, 0.3) is 0 Å². The molecule has 1 heterocycles. The van der Waals surface area contributed by atoms with Crippen molar-refractivity contribution in [3.8, 4) is 11.5 Å². The van der Waals surface area contributed by atoms with Crippen LogP contribution in [0.25, 0.3) is 0 Å². The van der Waals surface area contributed by atoms with Gasteiger partial charge in [0.15, 0.2) is 0 Å². The second-order valence-corrected chi connectivity index (χ2v) is 9.86. The number of nitrogens with two attached hydrogens (primary N) is 1. The van der Waals surface area contributed by atoms with Crippen molar-refractivity contribution in [1.29, 1.82) is 0 Å². The van der Waals surface area contributed by atoms with Gasteiger partial charge in [-0.3, -0.25) is 9.59 Å². The number of aromatic nitrogens is 1. The summed E-state index contributed by atoms with van der Waals surface area (Å²) in [4.78, 5) is 31.5. The smallest absolute Gasteiger partial charge is 0.242 e. The number of aliphatic hydroxyl groups is 1. The first-order valence-electron chi connectivity index (χ1n) is 13.6. The summed E-state index contributed by atoms with van der Waals surface area (Å²) in [5.74, 6) is 0.441. The molecule has 0 bridgehead atoms. The number of ether oxygens (including phenoxy) is 2. The molecule has 9 nitrogen and oxygen atoms in total. The van der Waals surface area contributed by atoms with Gasteiger partial charge in [0.05, 0.1) is 26.7 Å². The van der Waals surface area contributed by atoms with E-state index in [1.807, 2.05) is 54.6 Å². The first kappa shape index (κ1) is 30.1. The number of methoxy groups -OCH3 is 2. The van der Waals surface area contributed by atoms with Crippen LogP contribution in [0.4, 0.5) is 5.82 Å². The maximum absolute atomic E-state index is 14.0. The molecule has 3 aromatic carbocycles. The predicted molar refractivity (Wildman–Crippen MR) is 161 cm³/mol. The molecule has 1 unspecified atom stereocenters. The van der Waals surface area contributed by atoms with Crippen molar-refractivity contribution in [1.82, 2.24) is 15.6 Å². The summed E-state index contributed by atoms with van der Waals surface area (Å²) in [5.41, 5.74) is 9.94. The van der Waals surface area contributed by atoms with Gasteiger partial charge in [0.1, 0.15) is 23.4 Å². The number of hydrogen-bond donors (Lipinski definition) is 4. The molecule has 4 aromatic rings. The number of nitrogens with one attached hydrogen (secondary N) is 2. The average Bonchev–Trinajstić information content (AvgIpc) is 3.03. The Morgan fingerprint density at radius 1 is 0.810 bits per heavy atom. The summed E-state index contributed by atoms with van der Waals surface area (Å²) in [6, 6.07) is 24.7. The van der Waals surface area contributed by atoms with E-state index in [1.54, 1.807) is 50.7 Å². The standard InChI is InChI=1S/C33H36N4O5/c1-41-27-12-8-25(9-13-27)31(26-10-14-28(42-2)15-11-26)33(40)37-29(16-7-22-17-18-35-30(34)19-22)32(39)36-20-23-3-5-24(21-38)6-4-23/h3-6,8-15,17-19,29,31,38H,7,16,20-21H2,1-2H3,(H2,34,35)(H,36,39)(H,37,40). The summed E-state index contributed by atoms with van der Waals surface area (Å²) >= 11 is 0. The maximum Gasteiger partial charge on any atom is 0.242 e. The predicted octanol–water partition coefficient (Wildman–Crippen LogP) is 3.74. The molecule has 5 N–H and O–H groups in total. The molecule has 0 fully saturated rings. The molecule has 218 valence electrons. The van der Waals surface area contributed by atoms with Crippen molar-refractivity contribution in [2.24, 2.45) is 0 Å². The maximum atomic E-state index is 14.0. The molecule has 1 atom stereocenters. The molecule has 0 saturated heterocycles. The van der Waals surface area contributed by atoms with Gasteiger partial charge < -0.3 is 30.9 Å². The third-order valence-electron chi connectivity index (χ3n) is 7.03. The van der Waals surface area contributed by atoms with Crippen LogP contribution in [0.3, 0.4) is 0 Å². The monoisotopic (exact) mass is 568 g/mol. The fraction of sp³-hybridized carbons (Fsp3) is 0.242. The van der Waals surface area contributed by atoms with E-state index in [2.05, 4.69) is 15.6 Å². The number of carbonyl (C=O) groups is 2. The second-order valence-electron chi connectivity index (χ2n) is 9.86. The molecule has 9 heteroatoms. The fourth-order valence-electron chi connectivity index (χ4n) is 4.65. The van der Waals surface area contributed by atoms with Crippen LogP contribution < -0.4 is 25.8 Å². The number of rotatable bonds is 13. The summed E-state index contributed by atoms with van der Waals surface area (Å²) in [7, 11) is 3.17. The summed E-state index contributed by atoms with van der Waals surface area (Å²) < 4.78 is 10.6. The highest BCUT2D eigenvalue weighted by atomic mass is 16.5. The Labute approximate surface area is 245 Å². The highest BCUT2D eigenvalue weighted by Gasteiger charge is 2.28. The van der Waals surface area contributed by atoms with E-state index >= 15 is 0 Å². The Bertz CT molecular complexity index is 1410. The normalized spacial score (nSPS) is 11.5. The number of aryl methyl sites for hydroxylation is 1. The van der Waals surface area contributed by atoms with Crippen LogP contribution in [0, 0.1) is 0 Å². The number of benzene rings is 3.